The average molecular weight is 324 g/mol. The summed E-state index contributed by atoms with van der Waals surface area (Å²) in [5.41, 5.74) is 2.42. The zero-order valence-electron chi connectivity index (χ0n) is 14.0. The van der Waals surface area contributed by atoms with Crippen LogP contribution in [0, 0.1) is 0 Å². The van der Waals surface area contributed by atoms with Gasteiger partial charge in [0.2, 0.25) is 0 Å². The topological polar surface area (TPSA) is 41.5 Å². The molecule has 5 heteroatoms. The molecule has 0 saturated carbocycles. The van der Waals surface area contributed by atoms with E-state index >= 15 is 0 Å². The minimum atomic E-state index is 0.0971. The normalized spacial score (nSPS) is 22.0. The summed E-state index contributed by atoms with van der Waals surface area (Å²) in [6.07, 6.45) is 4.12. The fourth-order valence-corrected chi connectivity index (χ4v) is 3.47. The van der Waals surface area contributed by atoms with Crippen LogP contribution in [-0.2, 0) is 11.3 Å². The van der Waals surface area contributed by atoms with E-state index in [2.05, 4.69) is 45.1 Å². The second kappa shape index (κ2) is 7.28. The third-order valence-electron chi connectivity index (χ3n) is 4.83. The Kier molecular flexibility index (Phi) is 4.71. The van der Waals surface area contributed by atoms with Crippen molar-refractivity contribution in [1.82, 2.24) is 14.9 Å². The molecule has 2 aliphatic heterocycles. The number of anilines is 1. The van der Waals surface area contributed by atoms with Gasteiger partial charge in [0.1, 0.15) is 6.10 Å². The Balaban J connectivity index is 1.34. The van der Waals surface area contributed by atoms with Crippen molar-refractivity contribution in [2.45, 2.75) is 25.5 Å². The second-order valence-corrected chi connectivity index (χ2v) is 6.51. The first kappa shape index (κ1) is 15.5. The number of hydrogen-bond donors (Lipinski definition) is 0. The molecular formula is C19H24N4O. The fraction of sp³-hybridized carbons (Fsp3) is 0.474. The first-order valence-electron chi connectivity index (χ1n) is 8.84. The van der Waals surface area contributed by atoms with Crippen molar-refractivity contribution in [1.29, 1.82) is 0 Å². The molecule has 0 spiro atoms. The largest absolute Gasteiger partial charge is 0.370 e. The summed E-state index contributed by atoms with van der Waals surface area (Å²) in [6, 6.07) is 12.7. The lowest BCUT2D eigenvalue weighted by Crippen LogP contribution is -2.46. The van der Waals surface area contributed by atoms with E-state index in [0.29, 0.717) is 0 Å². The third-order valence-corrected chi connectivity index (χ3v) is 4.83. The molecule has 0 N–H and O–H groups in total. The summed E-state index contributed by atoms with van der Waals surface area (Å²) in [6.45, 7) is 5.98. The number of rotatable bonds is 4. The molecule has 2 aliphatic rings. The highest BCUT2D eigenvalue weighted by molar-refractivity contribution is 5.46. The van der Waals surface area contributed by atoms with Gasteiger partial charge in [-0.1, -0.05) is 18.2 Å². The van der Waals surface area contributed by atoms with E-state index in [9.17, 15) is 0 Å². The van der Waals surface area contributed by atoms with Gasteiger partial charge in [0.15, 0.2) is 5.82 Å². The Bertz CT molecular complexity index is 649. The lowest BCUT2D eigenvalue weighted by molar-refractivity contribution is 0.104. The van der Waals surface area contributed by atoms with Gasteiger partial charge in [-0.25, -0.2) is 9.97 Å². The third kappa shape index (κ3) is 3.57. The Morgan fingerprint density at radius 3 is 2.62 bits per heavy atom. The molecule has 2 fully saturated rings. The predicted molar refractivity (Wildman–Crippen MR) is 93.9 cm³/mol. The van der Waals surface area contributed by atoms with E-state index in [1.165, 1.54) is 5.69 Å². The summed E-state index contributed by atoms with van der Waals surface area (Å²) >= 11 is 0. The quantitative estimate of drug-likeness (QED) is 0.865. The smallest absolute Gasteiger partial charge is 0.157 e. The molecule has 3 heterocycles. The molecule has 0 radical (unpaired) electrons. The lowest BCUT2D eigenvalue weighted by atomic mass is 10.2. The van der Waals surface area contributed by atoms with Gasteiger partial charge in [-0.05, 0) is 31.0 Å². The van der Waals surface area contributed by atoms with Gasteiger partial charge in [-0.15, -0.1) is 0 Å². The van der Waals surface area contributed by atoms with E-state index < -0.39 is 0 Å². The predicted octanol–water partition coefficient (Wildman–Crippen LogP) is 2.65. The molecule has 2 saturated heterocycles. The molecular weight excluding hydrogens is 300 g/mol. The second-order valence-electron chi connectivity index (χ2n) is 6.51. The number of nitrogens with zero attached hydrogens (tertiary/aromatic N) is 4. The van der Waals surface area contributed by atoms with Crippen molar-refractivity contribution < 1.29 is 4.74 Å². The van der Waals surface area contributed by atoms with Crippen molar-refractivity contribution in [3.8, 4) is 0 Å². The van der Waals surface area contributed by atoms with Crippen LogP contribution < -0.4 is 4.90 Å². The minimum absolute atomic E-state index is 0.0971. The zero-order chi connectivity index (χ0) is 16.2. The summed E-state index contributed by atoms with van der Waals surface area (Å²) in [5, 5.41) is 0. The maximum Gasteiger partial charge on any atom is 0.157 e. The molecule has 0 unspecified atom stereocenters. The number of ether oxygens (including phenoxy) is 1. The Morgan fingerprint density at radius 2 is 1.88 bits per heavy atom. The monoisotopic (exact) mass is 324 g/mol. The molecule has 1 atom stereocenters. The Morgan fingerprint density at radius 1 is 1.04 bits per heavy atom. The Hall–Kier alpha value is -1.98. The van der Waals surface area contributed by atoms with E-state index in [0.717, 1.165) is 63.7 Å². The molecule has 1 aromatic carbocycles. The van der Waals surface area contributed by atoms with Crippen molar-refractivity contribution >= 4 is 5.69 Å². The molecule has 0 bridgehead atoms. The van der Waals surface area contributed by atoms with E-state index in [4.69, 9.17) is 9.72 Å². The van der Waals surface area contributed by atoms with Gasteiger partial charge in [-0.3, -0.25) is 4.90 Å². The highest BCUT2D eigenvalue weighted by atomic mass is 16.5. The van der Waals surface area contributed by atoms with Crippen LogP contribution in [0.1, 0.15) is 30.5 Å². The number of hydrogen-bond acceptors (Lipinski definition) is 5. The summed E-state index contributed by atoms with van der Waals surface area (Å²) in [7, 11) is 0. The molecule has 5 nitrogen and oxygen atoms in total. The van der Waals surface area contributed by atoms with Crippen molar-refractivity contribution in [2.75, 3.05) is 37.7 Å². The van der Waals surface area contributed by atoms with Crippen LogP contribution >= 0.6 is 0 Å². The van der Waals surface area contributed by atoms with E-state index in [1.807, 2.05) is 12.3 Å². The summed E-state index contributed by atoms with van der Waals surface area (Å²) in [5.74, 6) is 0.855. The molecule has 0 amide bonds. The van der Waals surface area contributed by atoms with Gasteiger partial charge in [0.25, 0.3) is 0 Å². The molecule has 1 aromatic heterocycles. The summed E-state index contributed by atoms with van der Waals surface area (Å²) < 4.78 is 5.70. The molecule has 2 aromatic rings. The first-order valence-corrected chi connectivity index (χ1v) is 8.84. The molecule has 4 rings (SSSR count). The van der Waals surface area contributed by atoms with Crippen molar-refractivity contribution in [2.24, 2.45) is 0 Å². The molecule has 24 heavy (non-hydrogen) atoms. The van der Waals surface area contributed by atoms with Crippen LogP contribution in [0.3, 0.4) is 0 Å². The van der Waals surface area contributed by atoms with Gasteiger partial charge in [-0.2, -0.15) is 0 Å². The summed E-state index contributed by atoms with van der Waals surface area (Å²) in [4.78, 5) is 14.1. The van der Waals surface area contributed by atoms with Crippen LogP contribution in [-0.4, -0.2) is 47.7 Å². The van der Waals surface area contributed by atoms with Crippen molar-refractivity contribution in [3.63, 3.8) is 0 Å². The van der Waals surface area contributed by atoms with Crippen LogP contribution in [0.2, 0.25) is 0 Å². The van der Waals surface area contributed by atoms with E-state index in [-0.39, 0.29) is 6.10 Å². The van der Waals surface area contributed by atoms with Crippen molar-refractivity contribution in [3.05, 3.63) is 54.1 Å². The number of benzene rings is 1. The van der Waals surface area contributed by atoms with Gasteiger partial charge in [0, 0.05) is 51.2 Å². The first-order chi connectivity index (χ1) is 11.9. The highest BCUT2D eigenvalue weighted by Crippen LogP contribution is 2.25. The van der Waals surface area contributed by atoms with E-state index in [1.54, 1.807) is 0 Å². The van der Waals surface area contributed by atoms with Crippen LogP contribution in [0.15, 0.2) is 42.6 Å². The average Bonchev–Trinajstić information content (AvgIpc) is 3.18. The SMILES string of the molecule is c1ccc(N2CCN(Cc3ccnc([C@H]4CCCO4)n3)CC2)cc1. The highest BCUT2D eigenvalue weighted by Gasteiger charge is 2.22. The number of piperazine rings is 1. The van der Waals surface area contributed by atoms with Crippen LogP contribution in [0.5, 0.6) is 0 Å². The van der Waals surface area contributed by atoms with Crippen LogP contribution in [0.25, 0.3) is 0 Å². The standard InChI is InChI=1S/C19H24N4O/c1-2-5-17(6-3-1)23-12-10-22(11-13-23)15-16-8-9-20-19(21-16)18-7-4-14-24-18/h1-3,5-6,8-9,18H,4,7,10-15H2/t18-/m1/s1. The maximum absolute atomic E-state index is 5.70. The van der Waals surface area contributed by atoms with Crippen LogP contribution in [0.4, 0.5) is 5.69 Å². The number of para-hydroxylation sites is 1. The van der Waals surface area contributed by atoms with Gasteiger partial charge >= 0.3 is 0 Å². The molecule has 126 valence electrons. The van der Waals surface area contributed by atoms with Gasteiger partial charge < -0.3 is 9.64 Å². The maximum atomic E-state index is 5.70. The Labute approximate surface area is 143 Å². The zero-order valence-corrected chi connectivity index (χ0v) is 14.0. The number of aromatic nitrogens is 2. The van der Waals surface area contributed by atoms with Gasteiger partial charge in [0.05, 0.1) is 5.69 Å². The molecule has 0 aliphatic carbocycles. The fourth-order valence-electron chi connectivity index (χ4n) is 3.47. The minimum Gasteiger partial charge on any atom is -0.370 e. The lowest BCUT2D eigenvalue weighted by Gasteiger charge is -2.36.